The van der Waals surface area contributed by atoms with Gasteiger partial charge >= 0.3 is 0 Å². The summed E-state index contributed by atoms with van der Waals surface area (Å²) in [6.07, 6.45) is 0. The van der Waals surface area contributed by atoms with Crippen LogP contribution < -0.4 is 5.73 Å². The second-order valence-electron chi connectivity index (χ2n) is 4.20. The van der Waals surface area contributed by atoms with Crippen molar-refractivity contribution in [1.82, 2.24) is 4.90 Å². The number of hydrogen-bond donors (Lipinski definition) is 1. The second kappa shape index (κ2) is 5.69. The fourth-order valence-electron chi connectivity index (χ4n) is 2.15. The van der Waals surface area contributed by atoms with Gasteiger partial charge in [-0.1, -0.05) is 0 Å². The minimum Gasteiger partial charge on any atom is -0.379 e. The zero-order chi connectivity index (χ0) is 13.1. The van der Waals surface area contributed by atoms with Gasteiger partial charge in [-0.15, -0.1) is 0 Å². The minimum absolute atomic E-state index is 0.213. The summed E-state index contributed by atoms with van der Waals surface area (Å²) in [6, 6.07) is 1.69. The molecule has 0 aliphatic carbocycles. The molecule has 0 bridgehead atoms. The van der Waals surface area contributed by atoms with Crippen LogP contribution in [-0.2, 0) is 4.74 Å². The summed E-state index contributed by atoms with van der Waals surface area (Å²) in [7, 11) is 0. The molecule has 1 saturated heterocycles. The summed E-state index contributed by atoms with van der Waals surface area (Å²) in [5.74, 6) is -3.81. The molecule has 1 aromatic rings. The number of morpholine rings is 1. The Labute approximate surface area is 103 Å². The third-order valence-electron chi connectivity index (χ3n) is 3.10. The average molecular weight is 260 g/mol. The first-order valence-electron chi connectivity index (χ1n) is 5.79. The molecule has 0 radical (unpaired) electrons. The molecule has 1 aliphatic rings. The highest BCUT2D eigenvalue weighted by Crippen LogP contribution is 2.24. The highest BCUT2D eigenvalue weighted by molar-refractivity contribution is 5.23. The molecule has 2 rings (SSSR count). The van der Waals surface area contributed by atoms with Crippen molar-refractivity contribution in [2.24, 2.45) is 5.73 Å². The van der Waals surface area contributed by atoms with Crippen LogP contribution in [0.15, 0.2) is 12.1 Å². The number of halogens is 3. The topological polar surface area (TPSA) is 38.5 Å². The molecule has 0 spiro atoms. The molecule has 6 heteroatoms. The largest absolute Gasteiger partial charge is 0.379 e. The zero-order valence-corrected chi connectivity index (χ0v) is 9.83. The molecular weight excluding hydrogens is 245 g/mol. The summed E-state index contributed by atoms with van der Waals surface area (Å²) in [6.45, 7) is 2.61. The zero-order valence-electron chi connectivity index (χ0n) is 9.83. The van der Waals surface area contributed by atoms with E-state index >= 15 is 0 Å². The number of nitrogens with two attached hydrogens (primary N) is 1. The van der Waals surface area contributed by atoms with Gasteiger partial charge in [0.05, 0.1) is 13.2 Å². The van der Waals surface area contributed by atoms with Gasteiger partial charge in [-0.2, -0.15) is 0 Å². The molecule has 1 atom stereocenters. The van der Waals surface area contributed by atoms with E-state index in [1.54, 1.807) is 0 Å². The Morgan fingerprint density at radius 2 is 1.72 bits per heavy atom. The van der Waals surface area contributed by atoms with Crippen LogP contribution in [-0.4, -0.2) is 37.7 Å². The van der Waals surface area contributed by atoms with E-state index in [0.29, 0.717) is 31.9 Å². The first kappa shape index (κ1) is 13.3. The summed E-state index contributed by atoms with van der Waals surface area (Å²) < 4.78 is 44.5. The van der Waals surface area contributed by atoms with Crippen molar-refractivity contribution >= 4 is 0 Å². The molecule has 1 fully saturated rings. The van der Waals surface area contributed by atoms with Crippen LogP contribution >= 0.6 is 0 Å². The van der Waals surface area contributed by atoms with Gasteiger partial charge in [-0.25, -0.2) is 13.2 Å². The van der Waals surface area contributed by atoms with Crippen LogP contribution in [0.4, 0.5) is 13.2 Å². The van der Waals surface area contributed by atoms with Crippen LogP contribution in [0.1, 0.15) is 11.6 Å². The Morgan fingerprint density at radius 3 is 2.22 bits per heavy atom. The van der Waals surface area contributed by atoms with Crippen LogP contribution in [0.5, 0.6) is 0 Å². The Hall–Kier alpha value is -1.11. The monoisotopic (exact) mass is 260 g/mol. The summed E-state index contributed by atoms with van der Waals surface area (Å²) in [5.41, 5.74) is 6.01. The van der Waals surface area contributed by atoms with Crippen molar-refractivity contribution in [1.29, 1.82) is 0 Å². The smallest absolute Gasteiger partial charge is 0.194 e. The SMILES string of the molecule is NCC(c1cc(F)c(F)c(F)c1)N1CCOCC1. The van der Waals surface area contributed by atoms with Crippen molar-refractivity contribution in [3.63, 3.8) is 0 Å². The summed E-state index contributed by atoms with van der Waals surface area (Å²) in [5, 5.41) is 0. The Bertz CT molecular complexity index is 399. The maximum Gasteiger partial charge on any atom is 0.194 e. The van der Waals surface area contributed by atoms with Crippen molar-refractivity contribution in [2.45, 2.75) is 6.04 Å². The molecule has 0 amide bonds. The van der Waals surface area contributed by atoms with E-state index in [-0.39, 0.29) is 12.6 Å². The number of benzene rings is 1. The third kappa shape index (κ3) is 2.66. The normalized spacial score (nSPS) is 18.9. The van der Waals surface area contributed by atoms with E-state index in [1.165, 1.54) is 0 Å². The molecular formula is C12H15F3N2O. The van der Waals surface area contributed by atoms with Crippen molar-refractivity contribution in [2.75, 3.05) is 32.8 Å². The summed E-state index contributed by atoms with van der Waals surface area (Å²) >= 11 is 0. The maximum absolute atomic E-state index is 13.2. The standard InChI is InChI=1S/C12H15F3N2O/c13-9-5-8(6-10(14)12(9)15)11(7-16)17-1-3-18-4-2-17/h5-6,11H,1-4,7,16H2. The van der Waals surface area contributed by atoms with E-state index < -0.39 is 17.5 Å². The van der Waals surface area contributed by atoms with Crippen molar-refractivity contribution in [3.05, 3.63) is 35.1 Å². The predicted octanol–water partition coefficient (Wildman–Crippen LogP) is 1.44. The molecule has 0 saturated carbocycles. The van der Waals surface area contributed by atoms with E-state index in [9.17, 15) is 13.2 Å². The van der Waals surface area contributed by atoms with Crippen LogP contribution in [0, 0.1) is 17.5 Å². The highest BCUT2D eigenvalue weighted by Gasteiger charge is 2.23. The van der Waals surface area contributed by atoms with Gasteiger partial charge in [0.25, 0.3) is 0 Å². The van der Waals surface area contributed by atoms with Crippen LogP contribution in [0.2, 0.25) is 0 Å². The third-order valence-corrected chi connectivity index (χ3v) is 3.10. The Kier molecular flexibility index (Phi) is 4.21. The van der Waals surface area contributed by atoms with E-state index in [1.807, 2.05) is 4.90 Å². The van der Waals surface area contributed by atoms with Gasteiger partial charge in [0, 0.05) is 25.7 Å². The number of nitrogens with zero attached hydrogens (tertiary/aromatic N) is 1. The quantitative estimate of drug-likeness (QED) is 0.836. The lowest BCUT2D eigenvalue weighted by Crippen LogP contribution is -2.41. The van der Waals surface area contributed by atoms with E-state index in [4.69, 9.17) is 10.5 Å². The molecule has 18 heavy (non-hydrogen) atoms. The van der Waals surface area contributed by atoms with Gasteiger partial charge in [0.15, 0.2) is 17.5 Å². The molecule has 3 nitrogen and oxygen atoms in total. The second-order valence-corrected chi connectivity index (χ2v) is 4.20. The predicted molar refractivity (Wildman–Crippen MR) is 60.5 cm³/mol. The summed E-state index contributed by atoms with van der Waals surface area (Å²) in [4.78, 5) is 1.98. The number of rotatable bonds is 3. The molecule has 1 unspecified atom stereocenters. The fraction of sp³-hybridized carbons (Fsp3) is 0.500. The van der Waals surface area contributed by atoms with E-state index in [0.717, 1.165) is 12.1 Å². The molecule has 1 aromatic carbocycles. The molecule has 2 N–H and O–H groups in total. The minimum atomic E-state index is -1.45. The van der Waals surface area contributed by atoms with E-state index in [2.05, 4.69) is 0 Å². The number of ether oxygens (including phenoxy) is 1. The van der Waals surface area contributed by atoms with Crippen LogP contribution in [0.25, 0.3) is 0 Å². The average Bonchev–Trinajstić information content (AvgIpc) is 2.38. The first-order valence-corrected chi connectivity index (χ1v) is 5.79. The van der Waals surface area contributed by atoms with Gasteiger partial charge < -0.3 is 10.5 Å². The van der Waals surface area contributed by atoms with Crippen LogP contribution in [0.3, 0.4) is 0 Å². The Morgan fingerprint density at radius 1 is 1.17 bits per heavy atom. The molecule has 100 valence electrons. The Balaban J connectivity index is 2.26. The molecule has 1 heterocycles. The van der Waals surface area contributed by atoms with Crippen molar-refractivity contribution < 1.29 is 17.9 Å². The lowest BCUT2D eigenvalue weighted by Gasteiger charge is -2.34. The van der Waals surface area contributed by atoms with Gasteiger partial charge in [-0.3, -0.25) is 4.90 Å². The van der Waals surface area contributed by atoms with Gasteiger partial charge in [0.2, 0.25) is 0 Å². The van der Waals surface area contributed by atoms with Crippen molar-refractivity contribution in [3.8, 4) is 0 Å². The van der Waals surface area contributed by atoms with Gasteiger partial charge in [0.1, 0.15) is 0 Å². The number of hydrogen-bond acceptors (Lipinski definition) is 3. The maximum atomic E-state index is 13.2. The molecule has 0 aromatic heterocycles. The first-order chi connectivity index (χ1) is 8.63. The lowest BCUT2D eigenvalue weighted by atomic mass is 10.0. The lowest BCUT2D eigenvalue weighted by molar-refractivity contribution is 0.0177. The highest BCUT2D eigenvalue weighted by atomic mass is 19.2. The fourth-order valence-corrected chi connectivity index (χ4v) is 2.15. The molecule has 1 aliphatic heterocycles. The van der Waals surface area contributed by atoms with Gasteiger partial charge in [-0.05, 0) is 17.7 Å².